The zero-order valence-corrected chi connectivity index (χ0v) is 16.4. The van der Waals surface area contributed by atoms with Gasteiger partial charge in [-0.25, -0.2) is 12.8 Å². The van der Waals surface area contributed by atoms with Crippen LogP contribution >= 0.6 is 0 Å². The first-order valence-corrected chi connectivity index (χ1v) is 10.5. The van der Waals surface area contributed by atoms with E-state index < -0.39 is 15.8 Å². The van der Waals surface area contributed by atoms with Gasteiger partial charge in [0.1, 0.15) is 5.82 Å². The highest BCUT2D eigenvalue weighted by Gasteiger charge is 2.15. The Morgan fingerprint density at radius 2 is 1.67 bits per heavy atom. The molecule has 0 atom stereocenters. The number of carbonyl (C=O) groups excluding carboxylic acids is 1. The van der Waals surface area contributed by atoms with Gasteiger partial charge in [-0.15, -0.1) is 0 Å². The smallest absolute Gasteiger partial charge is 0.261 e. The van der Waals surface area contributed by atoms with Crippen molar-refractivity contribution in [2.45, 2.75) is 38.0 Å². The molecule has 0 unspecified atom stereocenters. The maximum atomic E-state index is 13.0. The number of sulfonamides is 1. The molecule has 0 bridgehead atoms. The summed E-state index contributed by atoms with van der Waals surface area (Å²) in [5.41, 5.74) is 1.20. The third-order valence-electron chi connectivity index (χ3n) is 4.20. The summed E-state index contributed by atoms with van der Waals surface area (Å²) in [6.45, 7) is 5.47. The molecule has 0 saturated carbocycles. The monoisotopic (exact) mass is 392 g/mol. The van der Waals surface area contributed by atoms with Gasteiger partial charge in [-0.2, -0.15) is 0 Å². The van der Waals surface area contributed by atoms with Crippen molar-refractivity contribution in [2.24, 2.45) is 0 Å². The van der Waals surface area contributed by atoms with Gasteiger partial charge >= 0.3 is 0 Å². The Morgan fingerprint density at radius 3 is 2.22 bits per heavy atom. The second-order valence-electron chi connectivity index (χ2n) is 6.26. The summed E-state index contributed by atoms with van der Waals surface area (Å²) in [5.74, 6) is -0.436. The Hall–Kier alpha value is -2.41. The summed E-state index contributed by atoms with van der Waals surface area (Å²) in [4.78, 5) is 14.2. The molecule has 1 amide bonds. The number of amides is 1. The van der Waals surface area contributed by atoms with Crippen molar-refractivity contribution in [1.82, 2.24) is 4.90 Å². The second kappa shape index (κ2) is 9.50. The van der Waals surface area contributed by atoms with E-state index in [0.29, 0.717) is 12.2 Å². The van der Waals surface area contributed by atoms with Crippen LogP contribution in [0, 0.1) is 5.82 Å². The average molecular weight is 392 g/mol. The molecule has 0 saturated heterocycles. The summed E-state index contributed by atoms with van der Waals surface area (Å²) in [6.07, 6.45) is 2.29. The number of rotatable bonds is 9. The molecule has 0 aliphatic heterocycles. The van der Waals surface area contributed by atoms with Crippen LogP contribution in [0.5, 0.6) is 0 Å². The van der Waals surface area contributed by atoms with Crippen molar-refractivity contribution < 1.29 is 17.6 Å². The summed E-state index contributed by atoms with van der Waals surface area (Å²) in [5, 5.41) is 0. The van der Waals surface area contributed by atoms with Crippen molar-refractivity contribution in [1.29, 1.82) is 0 Å². The molecule has 0 spiro atoms. The van der Waals surface area contributed by atoms with Crippen LogP contribution in [0.3, 0.4) is 0 Å². The number of hydrogen-bond acceptors (Lipinski definition) is 3. The van der Waals surface area contributed by atoms with Gasteiger partial charge in [0.2, 0.25) is 5.91 Å². The van der Waals surface area contributed by atoms with E-state index in [0.717, 1.165) is 37.1 Å². The normalized spacial score (nSPS) is 11.2. The van der Waals surface area contributed by atoms with Crippen LogP contribution in [-0.4, -0.2) is 32.3 Å². The number of hydrogen-bond donors (Lipinski definition) is 1. The van der Waals surface area contributed by atoms with Crippen molar-refractivity contribution in [3.05, 3.63) is 59.9 Å². The van der Waals surface area contributed by atoms with Crippen molar-refractivity contribution in [2.75, 3.05) is 17.8 Å². The second-order valence-corrected chi connectivity index (χ2v) is 7.94. The lowest BCUT2D eigenvalue weighted by molar-refractivity contribution is -0.130. The van der Waals surface area contributed by atoms with E-state index in [4.69, 9.17) is 0 Å². The maximum absolute atomic E-state index is 13.0. The van der Waals surface area contributed by atoms with Gasteiger partial charge in [-0.1, -0.05) is 25.5 Å². The first-order valence-electron chi connectivity index (χ1n) is 9.00. The molecule has 2 aromatic carbocycles. The molecule has 2 aromatic rings. The largest absolute Gasteiger partial charge is 0.343 e. The SMILES string of the molecule is CCCCN(CC)C(=O)Cc1ccc(NS(=O)(=O)c2ccc(F)cc2)cc1. The molecule has 27 heavy (non-hydrogen) atoms. The number of unbranched alkanes of at least 4 members (excludes halogenated alkanes) is 1. The van der Waals surface area contributed by atoms with E-state index in [1.807, 2.05) is 11.8 Å². The highest BCUT2D eigenvalue weighted by Crippen LogP contribution is 2.17. The van der Waals surface area contributed by atoms with Gasteiger partial charge in [0.15, 0.2) is 0 Å². The van der Waals surface area contributed by atoms with E-state index >= 15 is 0 Å². The zero-order chi connectivity index (χ0) is 19.9. The number of nitrogens with one attached hydrogen (secondary N) is 1. The Bertz CT molecular complexity index is 850. The molecule has 1 N–H and O–H groups in total. The van der Waals surface area contributed by atoms with Crippen LogP contribution in [0.1, 0.15) is 32.3 Å². The predicted molar refractivity (Wildman–Crippen MR) is 105 cm³/mol. The van der Waals surface area contributed by atoms with Gasteiger partial charge in [0.25, 0.3) is 10.0 Å². The minimum absolute atomic E-state index is 0.0160. The fraction of sp³-hybridized carbons (Fsp3) is 0.350. The van der Waals surface area contributed by atoms with Crippen LogP contribution in [0.2, 0.25) is 0 Å². The molecule has 7 heteroatoms. The minimum atomic E-state index is -3.79. The van der Waals surface area contributed by atoms with Gasteiger partial charge in [-0.3, -0.25) is 9.52 Å². The van der Waals surface area contributed by atoms with E-state index in [-0.39, 0.29) is 17.2 Å². The van der Waals surface area contributed by atoms with Crippen LogP contribution < -0.4 is 4.72 Å². The quantitative estimate of drug-likeness (QED) is 0.705. The van der Waals surface area contributed by atoms with Gasteiger partial charge in [-0.05, 0) is 55.3 Å². The Labute approximate surface area is 160 Å². The van der Waals surface area contributed by atoms with Crippen molar-refractivity contribution >= 4 is 21.6 Å². The van der Waals surface area contributed by atoms with Crippen molar-refractivity contribution in [3.8, 4) is 0 Å². The maximum Gasteiger partial charge on any atom is 0.261 e. The first kappa shape index (κ1) is 20.9. The molecular weight excluding hydrogens is 367 g/mol. The topological polar surface area (TPSA) is 66.5 Å². The fourth-order valence-electron chi connectivity index (χ4n) is 2.61. The standard InChI is InChI=1S/C20H25FN2O3S/c1-3-5-14-23(4-2)20(24)15-16-6-10-18(11-7-16)22-27(25,26)19-12-8-17(21)9-13-19/h6-13,22H,3-5,14-15H2,1-2H3. The number of likely N-dealkylation sites (N-methyl/N-ethyl adjacent to an activating group) is 1. The number of carbonyl (C=O) groups is 1. The van der Waals surface area contributed by atoms with Gasteiger partial charge < -0.3 is 4.90 Å². The first-order chi connectivity index (χ1) is 12.9. The summed E-state index contributed by atoms with van der Waals surface area (Å²) in [7, 11) is -3.79. The molecule has 0 fully saturated rings. The predicted octanol–water partition coefficient (Wildman–Crippen LogP) is 3.82. The Morgan fingerprint density at radius 1 is 1.04 bits per heavy atom. The van der Waals surface area contributed by atoms with Crippen LogP contribution in [0.4, 0.5) is 10.1 Å². The molecule has 146 valence electrons. The molecule has 0 radical (unpaired) electrons. The summed E-state index contributed by atoms with van der Waals surface area (Å²) in [6, 6.07) is 11.3. The molecule has 0 aliphatic carbocycles. The fourth-order valence-corrected chi connectivity index (χ4v) is 3.67. The highest BCUT2D eigenvalue weighted by atomic mass is 32.2. The summed E-state index contributed by atoms with van der Waals surface area (Å²) < 4.78 is 40.0. The average Bonchev–Trinajstić information content (AvgIpc) is 2.64. The molecule has 0 heterocycles. The van der Waals surface area contributed by atoms with E-state index in [1.54, 1.807) is 24.3 Å². The molecule has 0 aliphatic rings. The number of benzene rings is 2. The van der Waals surface area contributed by atoms with E-state index in [9.17, 15) is 17.6 Å². The molecular formula is C20H25FN2O3S. The van der Waals surface area contributed by atoms with E-state index in [2.05, 4.69) is 11.6 Å². The van der Waals surface area contributed by atoms with Gasteiger partial charge in [0, 0.05) is 18.8 Å². The third-order valence-corrected chi connectivity index (χ3v) is 5.60. The van der Waals surface area contributed by atoms with Gasteiger partial charge in [0.05, 0.1) is 11.3 Å². The zero-order valence-electron chi connectivity index (χ0n) is 15.6. The lowest BCUT2D eigenvalue weighted by atomic mass is 10.1. The van der Waals surface area contributed by atoms with Crippen molar-refractivity contribution in [3.63, 3.8) is 0 Å². The van der Waals surface area contributed by atoms with E-state index in [1.165, 1.54) is 12.1 Å². The highest BCUT2D eigenvalue weighted by molar-refractivity contribution is 7.92. The minimum Gasteiger partial charge on any atom is -0.343 e. The molecule has 0 aromatic heterocycles. The Kier molecular flexibility index (Phi) is 7.36. The third kappa shape index (κ3) is 6.06. The number of halogens is 1. The lowest BCUT2D eigenvalue weighted by Gasteiger charge is -2.20. The number of anilines is 1. The molecule has 2 rings (SSSR count). The van der Waals surface area contributed by atoms with Crippen LogP contribution in [-0.2, 0) is 21.2 Å². The van der Waals surface area contributed by atoms with Crippen LogP contribution in [0.25, 0.3) is 0 Å². The Balaban J connectivity index is 2.02. The lowest BCUT2D eigenvalue weighted by Crippen LogP contribution is -2.32. The molecule has 5 nitrogen and oxygen atoms in total. The summed E-state index contributed by atoms with van der Waals surface area (Å²) >= 11 is 0. The van der Waals surface area contributed by atoms with Crippen LogP contribution in [0.15, 0.2) is 53.4 Å². The number of nitrogens with zero attached hydrogens (tertiary/aromatic N) is 1.